The van der Waals surface area contributed by atoms with Crippen molar-refractivity contribution in [1.82, 2.24) is 10.3 Å². The number of nitrogens with zero attached hydrogens (tertiary/aromatic N) is 1. The number of anilines is 1. The van der Waals surface area contributed by atoms with Crippen LogP contribution in [0.15, 0.2) is 54.7 Å². The summed E-state index contributed by atoms with van der Waals surface area (Å²) in [5.41, 5.74) is 0.964. The summed E-state index contributed by atoms with van der Waals surface area (Å²) in [6.07, 6.45) is 3.61. The SMILES string of the molecule is O=C(Nc1ccccn1)NC1(c2ccccc2)CC1. The standard InChI is InChI=1S/C15H15N3O/c19-14(17-13-8-4-5-11-16-13)18-15(9-10-15)12-6-2-1-3-7-12/h1-8,11H,9-10H2,(H2,16,17,18,19). The van der Waals surface area contributed by atoms with Crippen LogP contribution in [0.5, 0.6) is 0 Å². The van der Waals surface area contributed by atoms with Gasteiger partial charge in [-0.3, -0.25) is 5.32 Å². The molecule has 4 heteroatoms. The molecule has 0 radical (unpaired) electrons. The molecule has 4 nitrogen and oxygen atoms in total. The second-order valence-corrected chi connectivity index (χ2v) is 4.74. The molecular formula is C15H15N3O. The first-order chi connectivity index (χ1) is 9.28. The Morgan fingerprint density at radius 1 is 1.05 bits per heavy atom. The van der Waals surface area contributed by atoms with E-state index < -0.39 is 0 Å². The van der Waals surface area contributed by atoms with Gasteiger partial charge in [0, 0.05) is 6.20 Å². The molecule has 1 aromatic heterocycles. The fourth-order valence-electron chi connectivity index (χ4n) is 2.17. The Hall–Kier alpha value is -2.36. The highest BCUT2D eigenvalue weighted by molar-refractivity contribution is 5.89. The van der Waals surface area contributed by atoms with Crippen LogP contribution < -0.4 is 10.6 Å². The normalized spacial score (nSPS) is 15.6. The van der Waals surface area contributed by atoms with Crippen LogP contribution in [0.4, 0.5) is 10.6 Å². The molecule has 2 amide bonds. The van der Waals surface area contributed by atoms with E-state index in [1.165, 1.54) is 0 Å². The number of hydrogen-bond donors (Lipinski definition) is 2. The van der Waals surface area contributed by atoms with Gasteiger partial charge in [-0.2, -0.15) is 0 Å². The van der Waals surface area contributed by atoms with Gasteiger partial charge in [0.05, 0.1) is 5.54 Å². The van der Waals surface area contributed by atoms with E-state index in [0.29, 0.717) is 5.82 Å². The van der Waals surface area contributed by atoms with Crippen LogP contribution in [0.2, 0.25) is 0 Å². The quantitative estimate of drug-likeness (QED) is 0.883. The number of aromatic nitrogens is 1. The Labute approximate surface area is 111 Å². The third-order valence-corrected chi connectivity index (χ3v) is 3.34. The molecule has 0 spiro atoms. The molecule has 0 bridgehead atoms. The summed E-state index contributed by atoms with van der Waals surface area (Å²) in [5.74, 6) is 0.559. The van der Waals surface area contributed by atoms with Crippen LogP contribution in [0.25, 0.3) is 0 Å². The monoisotopic (exact) mass is 253 g/mol. The van der Waals surface area contributed by atoms with Crippen molar-refractivity contribution >= 4 is 11.8 Å². The number of urea groups is 1. The predicted octanol–water partition coefficient (Wildman–Crippen LogP) is 2.89. The number of carbonyl (C=O) groups is 1. The second kappa shape index (κ2) is 4.72. The molecule has 1 aromatic carbocycles. The summed E-state index contributed by atoms with van der Waals surface area (Å²) in [6, 6.07) is 15.3. The number of nitrogens with one attached hydrogen (secondary N) is 2. The van der Waals surface area contributed by atoms with Crippen molar-refractivity contribution in [3.8, 4) is 0 Å². The summed E-state index contributed by atoms with van der Waals surface area (Å²) >= 11 is 0. The van der Waals surface area contributed by atoms with Crippen molar-refractivity contribution in [3.63, 3.8) is 0 Å². The molecule has 1 heterocycles. The van der Waals surface area contributed by atoms with Crippen LogP contribution in [0.1, 0.15) is 18.4 Å². The minimum Gasteiger partial charge on any atom is -0.328 e. The fourth-order valence-corrected chi connectivity index (χ4v) is 2.17. The fraction of sp³-hybridized carbons (Fsp3) is 0.200. The first kappa shape index (κ1) is 11.7. The Balaban J connectivity index is 1.67. The molecule has 2 N–H and O–H groups in total. The van der Waals surface area contributed by atoms with Gasteiger partial charge in [-0.25, -0.2) is 9.78 Å². The summed E-state index contributed by atoms with van der Waals surface area (Å²) < 4.78 is 0. The highest BCUT2D eigenvalue weighted by atomic mass is 16.2. The summed E-state index contributed by atoms with van der Waals surface area (Å²) in [4.78, 5) is 16.0. The highest BCUT2D eigenvalue weighted by Gasteiger charge is 2.45. The van der Waals surface area contributed by atoms with Gasteiger partial charge >= 0.3 is 6.03 Å². The van der Waals surface area contributed by atoms with Crippen molar-refractivity contribution in [1.29, 1.82) is 0 Å². The maximum Gasteiger partial charge on any atom is 0.321 e. The van der Waals surface area contributed by atoms with E-state index >= 15 is 0 Å². The van der Waals surface area contributed by atoms with Crippen LogP contribution >= 0.6 is 0 Å². The zero-order chi connectivity index (χ0) is 13.1. The average Bonchev–Trinajstić information content (AvgIpc) is 3.21. The molecule has 1 aliphatic carbocycles. The zero-order valence-electron chi connectivity index (χ0n) is 10.5. The summed E-state index contributed by atoms with van der Waals surface area (Å²) in [5, 5.41) is 5.79. The van der Waals surface area contributed by atoms with Gasteiger partial charge in [0.1, 0.15) is 5.82 Å². The lowest BCUT2D eigenvalue weighted by atomic mass is 10.1. The Kier molecular flexibility index (Phi) is 2.91. The van der Waals surface area contributed by atoms with E-state index in [1.807, 2.05) is 42.5 Å². The van der Waals surface area contributed by atoms with Gasteiger partial charge in [0.25, 0.3) is 0 Å². The lowest BCUT2D eigenvalue weighted by molar-refractivity contribution is 0.247. The maximum atomic E-state index is 12.0. The summed E-state index contributed by atoms with van der Waals surface area (Å²) in [7, 11) is 0. The van der Waals surface area contributed by atoms with Crippen molar-refractivity contribution in [2.45, 2.75) is 18.4 Å². The zero-order valence-corrected chi connectivity index (χ0v) is 10.5. The Morgan fingerprint density at radius 3 is 2.42 bits per heavy atom. The maximum absolute atomic E-state index is 12.0. The van der Waals surface area contributed by atoms with Crippen LogP contribution in [0, 0.1) is 0 Å². The van der Waals surface area contributed by atoms with Gasteiger partial charge in [-0.15, -0.1) is 0 Å². The molecule has 96 valence electrons. The molecular weight excluding hydrogens is 238 g/mol. The van der Waals surface area contributed by atoms with Crippen molar-refractivity contribution in [3.05, 3.63) is 60.3 Å². The molecule has 19 heavy (non-hydrogen) atoms. The number of rotatable bonds is 3. The Bertz CT molecular complexity index is 564. The van der Waals surface area contributed by atoms with Crippen LogP contribution in [-0.4, -0.2) is 11.0 Å². The number of hydrogen-bond acceptors (Lipinski definition) is 2. The van der Waals surface area contributed by atoms with Gasteiger partial charge in [-0.1, -0.05) is 36.4 Å². The largest absolute Gasteiger partial charge is 0.328 e. The molecule has 0 atom stereocenters. The molecule has 0 aliphatic heterocycles. The smallest absolute Gasteiger partial charge is 0.321 e. The van der Waals surface area contributed by atoms with E-state index in [1.54, 1.807) is 12.3 Å². The molecule has 1 aliphatic rings. The third-order valence-electron chi connectivity index (χ3n) is 3.34. The molecule has 2 aromatic rings. The van der Waals surface area contributed by atoms with E-state index in [9.17, 15) is 4.79 Å². The third kappa shape index (κ3) is 2.57. The van der Waals surface area contributed by atoms with Gasteiger partial charge in [0.2, 0.25) is 0 Å². The number of pyridine rings is 1. The van der Waals surface area contributed by atoms with Crippen LogP contribution in [-0.2, 0) is 5.54 Å². The number of amides is 2. The first-order valence-electron chi connectivity index (χ1n) is 6.34. The van der Waals surface area contributed by atoms with E-state index in [0.717, 1.165) is 18.4 Å². The van der Waals surface area contributed by atoms with Gasteiger partial charge < -0.3 is 5.32 Å². The van der Waals surface area contributed by atoms with Crippen molar-refractivity contribution in [2.75, 3.05) is 5.32 Å². The topological polar surface area (TPSA) is 54.0 Å². The Morgan fingerprint density at radius 2 is 1.79 bits per heavy atom. The highest BCUT2D eigenvalue weighted by Crippen LogP contribution is 2.45. The van der Waals surface area contributed by atoms with E-state index in [-0.39, 0.29) is 11.6 Å². The number of benzene rings is 1. The summed E-state index contributed by atoms with van der Waals surface area (Å²) in [6.45, 7) is 0. The minimum atomic E-state index is -0.208. The van der Waals surface area contributed by atoms with Gasteiger partial charge in [0.15, 0.2) is 0 Å². The minimum absolute atomic E-state index is 0.194. The molecule has 0 unspecified atom stereocenters. The molecule has 0 saturated heterocycles. The molecule has 3 rings (SSSR count). The average molecular weight is 253 g/mol. The van der Waals surface area contributed by atoms with Crippen molar-refractivity contribution in [2.24, 2.45) is 0 Å². The molecule has 1 saturated carbocycles. The second-order valence-electron chi connectivity index (χ2n) is 4.74. The van der Waals surface area contributed by atoms with E-state index in [2.05, 4.69) is 15.6 Å². The predicted molar refractivity (Wildman–Crippen MR) is 73.7 cm³/mol. The first-order valence-corrected chi connectivity index (χ1v) is 6.34. The van der Waals surface area contributed by atoms with Gasteiger partial charge in [-0.05, 0) is 30.5 Å². The number of carbonyl (C=O) groups excluding carboxylic acids is 1. The molecule has 1 fully saturated rings. The lowest BCUT2D eigenvalue weighted by Crippen LogP contribution is -2.38. The van der Waals surface area contributed by atoms with E-state index in [4.69, 9.17) is 0 Å². The lowest BCUT2D eigenvalue weighted by Gasteiger charge is -2.18. The van der Waals surface area contributed by atoms with Crippen molar-refractivity contribution < 1.29 is 4.79 Å². The van der Waals surface area contributed by atoms with Crippen LogP contribution in [0.3, 0.4) is 0 Å².